The van der Waals surface area contributed by atoms with E-state index in [1.807, 2.05) is 0 Å². The fraction of sp³-hybridized carbons (Fsp3) is 0.750. The molecule has 0 heterocycles. The Hall–Kier alpha value is -1.32. The highest BCUT2D eigenvalue weighted by atomic mass is 16.5. The minimum Gasteiger partial charge on any atom is -0.461 e. The highest BCUT2D eigenvalue weighted by Crippen LogP contribution is 2.18. The van der Waals surface area contributed by atoms with Gasteiger partial charge in [0.2, 0.25) is 5.91 Å². The Morgan fingerprint density at radius 2 is 2.05 bits per heavy atom. The summed E-state index contributed by atoms with van der Waals surface area (Å²) < 4.78 is 4.85. The van der Waals surface area contributed by atoms with Crippen molar-refractivity contribution in [1.29, 1.82) is 0 Å². The summed E-state index contributed by atoms with van der Waals surface area (Å²) >= 11 is 0. The fourth-order valence-corrected chi connectivity index (χ4v) is 2.08. The molecule has 4 nitrogen and oxygen atoms in total. The van der Waals surface area contributed by atoms with Crippen LogP contribution in [0.3, 0.4) is 0 Å². The van der Waals surface area contributed by atoms with Crippen LogP contribution in [0.15, 0.2) is 12.7 Å². The third-order valence-corrected chi connectivity index (χ3v) is 3.10. The molecule has 0 aromatic heterocycles. The van der Waals surface area contributed by atoms with Crippen LogP contribution in [-0.4, -0.2) is 25.0 Å². The van der Waals surface area contributed by atoms with Crippen molar-refractivity contribution in [3.05, 3.63) is 12.7 Å². The molecular weight excluding hydrogens is 254 g/mol. The number of carbonyl (C=O) groups is 2. The zero-order valence-electron chi connectivity index (χ0n) is 13.1. The summed E-state index contributed by atoms with van der Waals surface area (Å²) in [6, 6.07) is 0. The first kappa shape index (κ1) is 18.7. The lowest BCUT2D eigenvalue weighted by Crippen LogP contribution is -2.27. The van der Waals surface area contributed by atoms with E-state index < -0.39 is 0 Å². The Labute approximate surface area is 123 Å². The smallest absolute Gasteiger partial charge is 0.306 e. The molecule has 0 unspecified atom stereocenters. The number of carbonyl (C=O) groups excluding carboxylic acids is 2. The second kappa shape index (κ2) is 11.5. The molecule has 0 radical (unpaired) electrons. The maximum atomic E-state index is 11.8. The van der Waals surface area contributed by atoms with Gasteiger partial charge in [0.15, 0.2) is 0 Å². The van der Waals surface area contributed by atoms with Crippen LogP contribution in [0.25, 0.3) is 0 Å². The average molecular weight is 283 g/mol. The van der Waals surface area contributed by atoms with Gasteiger partial charge in [-0.1, -0.05) is 39.8 Å². The van der Waals surface area contributed by atoms with E-state index in [-0.39, 0.29) is 18.5 Å². The molecule has 0 saturated carbocycles. The molecule has 1 N–H and O–H groups in total. The van der Waals surface area contributed by atoms with Gasteiger partial charge in [-0.15, -0.1) is 0 Å². The molecule has 0 aliphatic carbocycles. The third kappa shape index (κ3) is 10.6. The van der Waals surface area contributed by atoms with E-state index in [1.54, 1.807) is 6.08 Å². The molecule has 0 aromatic rings. The van der Waals surface area contributed by atoms with Gasteiger partial charge in [-0.3, -0.25) is 9.59 Å². The van der Waals surface area contributed by atoms with Gasteiger partial charge in [-0.25, -0.2) is 0 Å². The van der Waals surface area contributed by atoms with Crippen LogP contribution in [0.5, 0.6) is 0 Å². The molecule has 0 aliphatic heterocycles. The Balaban J connectivity index is 3.71. The Morgan fingerprint density at radius 3 is 2.60 bits per heavy atom. The summed E-state index contributed by atoms with van der Waals surface area (Å²) in [7, 11) is 0. The number of esters is 1. The number of ether oxygens (including phenoxy) is 1. The highest BCUT2D eigenvalue weighted by molar-refractivity contribution is 5.76. The van der Waals surface area contributed by atoms with Crippen molar-refractivity contribution < 1.29 is 14.3 Å². The molecule has 0 aromatic carbocycles. The third-order valence-electron chi connectivity index (χ3n) is 3.10. The summed E-state index contributed by atoms with van der Waals surface area (Å²) in [5.41, 5.74) is 0. The number of nitrogens with one attached hydrogen (secondary N) is 1. The van der Waals surface area contributed by atoms with Crippen LogP contribution in [0, 0.1) is 11.8 Å². The van der Waals surface area contributed by atoms with Crippen molar-refractivity contribution in [1.82, 2.24) is 5.32 Å². The zero-order chi connectivity index (χ0) is 15.4. The van der Waals surface area contributed by atoms with E-state index in [4.69, 9.17) is 4.74 Å². The summed E-state index contributed by atoms with van der Waals surface area (Å²) in [6.07, 6.45) is 5.17. The maximum absolute atomic E-state index is 11.8. The van der Waals surface area contributed by atoms with Crippen molar-refractivity contribution in [2.45, 2.75) is 52.9 Å². The molecular formula is C16H29NO3. The van der Waals surface area contributed by atoms with Crippen molar-refractivity contribution >= 4 is 11.9 Å². The quantitative estimate of drug-likeness (QED) is 0.360. The van der Waals surface area contributed by atoms with Crippen LogP contribution in [0.4, 0.5) is 0 Å². The van der Waals surface area contributed by atoms with Gasteiger partial charge >= 0.3 is 5.97 Å². The predicted octanol–water partition coefficient (Wildman–Crippen LogP) is 3.07. The van der Waals surface area contributed by atoms with Gasteiger partial charge in [-0.2, -0.15) is 0 Å². The average Bonchev–Trinajstić information content (AvgIpc) is 2.40. The van der Waals surface area contributed by atoms with Gasteiger partial charge in [0, 0.05) is 19.4 Å². The van der Waals surface area contributed by atoms with Gasteiger partial charge in [-0.05, 0) is 24.7 Å². The van der Waals surface area contributed by atoms with E-state index in [1.165, 1.54) is 0 Å². The standard InChI is InChI=1S/C16H29NO3/c1-5-10-20-16(19)8-7-9-17-15(18)12-14(6-2)11-13(3)4/h5,13-14H,1,6-12H2,2-4H3,(H,17,18)/t14-/m0/s1. The largest absolute Gasteiger partial charge is 0.461 e. The lowest BCUT2D eigenvalue weighted by Gasteiger charge is -2.16. The van der Waals surface area contributed by atoms with Gasteiger partial charge in [0.05, 0.1) is 0 Å². The molecule has 20 heavy (non-hydrogen) atoms. The second-order valence-electron chi connectivity index (χ2n) is 5.53. The summed E-state index contributed by atoms with van der Waals surface area (Å²) in [5.74, 6) is 0.905. The molecule has 0 spiro atoms. The second-order valence-corrected chi connectivity index (χ2v) is 5.53. The monoisotopic (exact) mass is 283 g/mol. The first-order valence-corrected chi connectivity index (χ1v) is 7.52. The summed E-state index contributed by atoms with van der Waals surface area (Å²) in [4.78, 5) is 23.0. The van der Waals surface area contributed by atoms with Gasteiger partial charge in [0.25, 0.3) is 0 Å². The first-order valence-electron chi connectivity index (χ1n) is 7.52. The molecule has 0 saturated heterocycles. The molecule has 0 rings (SSSR count). The van der Waals surface area contributed by atoms with Gasteiger partial charge < -0.3 is 10.1 Å². The van der Waals surface area contributed by atoms with E-state index in [2.05, 4.69) is 32.7 Å². The van der Waals surface area contributed by atoms with E-state index in [0.29, 0.717) is 37.6 Å². The van der Waals surface area contributed by atoms with E-state index in [9.17, 15) is 9.59 Å². The minimum absolute atomic E-state index is 0.0805. The molecule has 116 valence electrons. The summed E-state index contributed by atoms with van der Waals surface area (Å²) in [6.45, 7) is 10.7. The van der Waals surface area contributed by atoms with Crippen molar-refractivity contribution in [2.75, 3.05) is 13.2 Å². The Morgan fingerprint density at radius 1 is 1.35 bits per heavy atom. The summed E-state index contributed by atoms with van der Waals surface area (Å²) in [5, 5.41) is 2.87. The van der Waals surface area contributed by atoms with Crippen LogP contribution in [-0.2, 0) is 14.3 Å². The lowest BCUT2D eigenvalue weighted by atomic mass is 9.92. The first-order chi connectivity index (χ1) is 9.49. The van der Waals surface area contributed by atoms with Gasteiger partial charge in [0.1, 0.15) is 6.61 Å². The number of rotatable bonds is 11. The number of amides is 1. The van der Waals surface area contributed by atoms with Crippen LogP contribution < -0.4 is 5.32 Å². The van der Waals surface area contributed by atoms with E-state index in [0.717, 1.165) is 12.8 Å². The van der Waals surface area contributed by atoms with Crippen molar-refractivity contribution in [3.63, 3.8) is 0 Å². The predicted molar refractivity (Wildman–Crippen MR) is 81.3 cm³/mol. The minimum atomic E-state index is -0.245. The van der Waals surface area contributed by atoms with Crippen molar-refractivity contribution in [3.8, 4) is 0 Å². The SMILES string of the molecule is C=CCOC(=O)CCCNC(=O)C[C@@H](CC)CC(C)C. The zero-order valence-corrected chi connectivity index (χ0v) is 13.1. The molecule has 0 aliphatic rings. The van der Waals surface area contributed by atoms with Crippen LogP contribution in [0.2, 0.25) is 0 Å². The van der Waals surface area contributed by atoms with Crippen LogP contribution >= 0.6 is 0 Å². The molecule has 0 bridgehead atoms. The number of hydrogen-bond acceptors (Lipinski definition) is 3. The topological polar surface area (TPSA) is 55.4 Å². The lowest BCUT2D eigenvalue weighted by molar-refractivity contribution is -0.142. The number of hydrogen-bond donors (Lipinski definition) is 1. The Bertz CT molecular complexity index is 300. The normalized spacial score (nSPS) is 12.0. The fourth-order valence-electron chi connectivity index (χ4n) is 2.08. The highest BCUT2D eigenvalue weighted by Gasteiger charge is 2.13. The van der Waals surface area contributed by atoms with E-state index >= 15 is 0 Å². The Kier molecular flexibility index (Phi) is 10.7. The molecule has 1 amide bonds. The molecule has 0 fully saturated rings. The van der Waals surface area contributed by atoms with Crippen molar-refractivity contribution in [2.24, 2.45) is 11.8 Å². The van der Waals surface area contributed by atoms with Crippen LogP contribution in [0.1, 0.15) is 52.9 Å². The molecule has 4 heteroatoms. The maximum Gasteiger partial charge on any atom is 0.306 e. The molecule has 1 atom stereocenters.